The van der Waals surface area contributed by atoms with E-state index in [1.165, 1.54) is 5.69 Å². The van der Waals surface area contributed by atoms with Crippen LogP contribution in [0.5, 0.6) is 0 Å². The van der Waals surface area contributed by atoms with Crippen LogP contribution < -0.4 is 26.8 Å². The summed E-state index contributed by atoms with van der Waals surface area (Å²) in [6, 6.07) is 10.3. The Balaban J connectivity index is 0.000000768. The molecule has 5 aromatic carbocycles. The van der Waals surface area contributed by atoms with Crippen LogP contribution in [0.15, 0.2) is 30.3 Å². The molecule has 0 spiro atoms. The number of hydrogen-bond donors (Lipinski definition) is 0. The van der Waals surface area contributed by atoms with E-state index in [4.69, 9.17) is 9.30 Å². The van der Waals surface area contributed by atoms with Crippen molar-refractivity contribution >= 4 is 66.6 Å². The second-order valence-corrected chi connectivity index (χ2v) is 38.0. The predicted octanol–water partition coefficient (Wildman–Crippen LogP) is 13.4. The fourth-order valence-corrected chi connectivity index (χ4v) is 22.8. The quantitative estimate of drug-likeness (QED) is 0.0476. The van der Waals surface area contributed by atoms with E-state index in [2.05, 4.69) is 95.6 Å². The van der Waals surface area contributed by atoms with Crippen molar-refractivity contribution in [3.8, 4) is 0 Å². The van der Waals surface area contributed by atoms with Crippen LogP contribution in [0, 0.1) is 123 Å². The maximum Gasteiger partial charge on any atom is 4.00 e. The summed E-state index contributed by atoms with van der Waals surface area (Å²) in [5.41, 5.74) is -13.1. The molecule has 0 bridgehead atoms. The molecular formula is C44H46BF20N3Si4Zr. The van der Waals surface area contributed by atoms with Gasteiger partial charge in [-0.1, -0.05) is 102 Å². The number of benzene rings is 5. The van der Waals surface area contributed by atoms with Crippen LogP contribution in [0.25, 0.3) is 9.30 Å². The monoisotopic (exact) mass is 1210 g/mol. The molecule has 0 amide bonds. The molecule has 29 heteroatoms. The number of rotatable bonds is 9. The van der Waals surface area contributed by atoms with Gasteiger partial charge in [0.05, 0.1) is 0 Å². The van der Waals surface area contributed by atoms with Gasteiger partial charge >= 0.3 is 26.2 Å². The van der Waals surface area contributed by atoms with Crippen molar-refractivity contribution in [1.29, 1.82) is 0 Å². The van der Waals surface area contributed by atoms with Crippen LogP contribution in [0.3, 0.4) is 0 Å². The summed E-state index contributed by atoms with van der Waals surface area (Å²) in [5, 5.41) is 0. The van der Waals surface area contributed by atoms with E-state index in [9.17, 15) is 52.7 Å². The Morgan fingerprint density at radius 3 is 0.616 bits per heavy atom. The molecule has 0 saturated carbocycles. The molecule has 400 valence electrons. The third kappa shape index (κ3) is 15.2. The van der Waals surface area contributed by atoms with E-state index in [0.29, 0.717) is 0 Å². The van der Waals surface area contributed by atoms with Crippen molar-refractivity contribution in [2.24, 2.45) is 0 Å². The molecule has 3 nitrogen and oxygen atoms in total. The van der Waals surface area contributed by atoms with Crippen molar-refractivity contribution in [3.05, 3.63) is 163 Å². The van der Waals surface area contributed by atoms with Crippen LogP contribution in [-0.2, 0) is 26.2 Å². The first kappa shape index (κ1) is 67.3. The molecule has 0 unspecified atom stereocenters. The molecule has 0 N–H and O–H groups in total. The standard InChI is InChI=1S/C24BF20.C8H11N.C6H18NSi2.C6H17NSi2.Zr/c26-5-1(6(27)14(35)21(42)13(5)34)25(2-7(28)15(36)22(43)16(37)8(2)29,3-9(30)17(38)23(44)18(39)10(3)31)4-11(32)19(40)24(45)20(41)12(4)33;1-9(2)8-6-4-3-5-7-8;2*1-8(2,3)7-9(4,5)6;/h;3-7H,1-2H3;1-6H3;1H2,2-6H3;/q-1;;-1;-2;+4. The summed E-state index contributed by atoms with van der Waals surface area (Å²) in [6.07, 6.45) is -7.22. The first-order chi connectivity index (χ1) is 32.4. The van der Waals surface area contributed by atoms with Gasteiger partial charge in [0.1, 0.15) is 52.7 Å². The summed E-state index contributed by atoms with van der Waals surface area (Å²) in [5.74, 6) is -71.4. The first-order valence-electron chi connectivity index (χ1n) is 20.7. The largest absolute Gasteiger partial charge is 4.00 e. The van der Waals surface area contributed by atoms with E-state index in [1.807, 2.05) is 32.3 Å². The smallest absolute Gasteiger partial charge is 0.689 e. The topological polar surface area (TPSA) is 31.4 Å². The molecule has 0 radical (unpaired) electrons. The Hall–Kier alpha value is -3.76. The zero-order chi connectivity index (χ0) is 56.5. The van der Waals surface area contributed by atoms with E-state index < -0.39 is 177 Å². The average Bonchev–Trinajstić information content (AvgIpc) is 3.24. The van der Waals surface area contributed by atoms with Gasteiger partial charge in [-0.3, -0.25) is 0 Å². The molecule has 5 aromatic rings. The van der Waals surface area contributed by atoms with Crippen molar-refractivity contribution < 1.29 is 114 Å². The molecule has 0 aliphatic heterocycles. The molecule has 0 heterocycles. The van der Waals surface area contributed by atoms with Gasteiger partial charge in [0.15, 0.2) is 69.8 Å². The molecule has 5 rings (SSSR count). The zero-order valence-electron chi connectivity index (χ0n) is 41.1. The molecule has 0 atom stereocenters. The van der Waals surface area contributed by atoms with Gasteiger partial charge in [-0.2, -0.15) is 0 Å². The third-order valence-corrected chi connectivity index (χ3v) is 19.8. The minimum atomic E-state index is -7.22. The van der Waals surface area contributed by atoms with Crippen molar-refractivity contribution in [3.63, 3.8) is 0 Å². The predicted molar refractivity (Wildman–Crippen MR) is 250 cm³/mol. The second-order valence-electron chi connectivity index (χ2n) is 19.6. The Kier molecular flexibility index (Phi) is 23.0. The van der Waals surface area contributed by atoms with Crippen LogP contribution >= 0.6 is 0 Å². The molecule has 0 aliphatic rings. The van der Waals surface area contributed by atoms with E-state index in [-0.39, 0.29) is 26.2 Å². The van der Waals surface area contributed by atoms with Crippen LogP contribution in [0.4, 0.5) is 93.5 Å². The molecule has 0 aromatic heterocycles. The molecule has 0 aliphatic carbocycles. The van der Waals surface area contributed by atoms with Crippen LogP contribution in [0.1, 0.15) is 0 Å². The van der Waals surface area contributed by atoms with Crippen LogP contribution in [-0.4, -0.2) is 53.2 Å². The Morgan fingerprint density at radius 2 is 0.507 bits per heavy atom. The maximum absolute atomic E-state index is 15.4. The fraction of sp³-hybridized carbons (Fsp3) is 0.295. The van der Waals surface area contributed by atoms with Crippen LogP contribution in [0.2, 0.25) is 72.0 Å². The van der Waals surface area contributed by atoms with E-state index >= 15 is 35.1 Å². The summed E-state index contributed by atoms with van der Waals surface area (Å²) >= 11 is 0. The SMILES string of the molecule is CN(C)c1ccccc1.C[Si](C)(C)[N-][Si](C)(C)C.Fc1c(F)c(F)c([B-](c2c(F)c(F)c(F)c(F)c2F)(c2c(F)c(F)c(F)c(F)c2F)c2c(F)c(F)c(F)c(F)c2F)c(F)c1F.[CH2-][Si](C)(C)[N-][Si](C)(C)C.[Zr+4]. The minimum Gasteiger partial charge on any atom is -0.689 e. The Labute approximate surface area is 432 Å². The Bertz CT molecular complexity index is 2350. The maximum atomic E-state index is 15.4. The average molecular weight is 1210 g/mol. The van der Waals surface area contributed by atoms with E-state index in [0.717, 1.165) is 0 Å². The van der Waals surface area contributed by atoms with Crippen molar-refractivity contribution in [2.75, 3.05) is 19.0 Å². The number of halogens is 20. The van der Waals surface area contributed by atoms with Gasteiger partial charge in [-0.25, -0.2) is 96.0 Å². The number of hydrogen-bond acceptors (Lipinski definition) is 1. The summed E-state index contributed by atoms with van der Waals surface area (Å²) in [4.78, 5) is 2.08. The van der Waals surface area contributed by atoms with Gasteiger partial charge in [0.25, 0.3) is 0 Å². The van der Waals surface area contributed by atoms with Gasteiger partial charge in [-0.05, 0) is 12.1 Å². The molecule has 73 heavy (non-hydrogen) atoms. The Morgan fingerprint density at radius 1 is 0.329 bits per heavy atom. The molecular weight excluding hydrogens is 1160 g/mol. The summed E-state index contributed by atoms with van der Waals surface area (Å²) in [6.45, 7) is 29.0. The normalized spacial score (nSPS) is 12.0. The van der Waals surface area contributed by atoms with Gasteiger partial charge in [0.2, 0.25) is 0 Å². The number of para-hydroxylation sites is 1. The number of nitrogens with zero attached hydrogens (tertiary/aromatic N) is 3. The van der Waals surface area contributed by atoms with Gasteiger partial charge in [0, 0.05) is 19.8 Å². The van der Waals surface area contributed by atoms with Crippen molar-refractivity contribution in [2.45, 2.75) is 72.0 Å². The molecule has 0 saturated heterocycles. The number of anilines is 1. The summed E-state index contributed by atoms with van der Waals surface area (Å²) in [7, 11) is -0.662. The zero-order valence-corrected chi connectivity index (χ0v) is 47.5. The first-order valence-corrected chi connectivity index (χ1v) is 34.2. The van der Waals surface area contributed by atoms with Crippen molar-refractivity contribution in [1.82, 2.24) is 0 Å². The fourth-order valence-electron chi connectivity index (χ4n) is 7.51. The van der Waals surface area contributed by atoms with E-state index in [1.54, 1.807) is 0 Å². The van der Waals surface area contributed by atoms with Gasteiger partial charge in [-0.15, -0.1) is 34.9 Å². The molecule has 0 fully saturated rings. The second kappa shape index (κ2) is 24.9. The minimum absolute atomic E-state index is 0. The summed E-state index contributed by atoms with van der Waals surface area (Å²) < 4.78 is 303. The third-order valence-electron chi connectivity index (χ3n) is 9.29. The van der Waals surface area contributed by atoms with Gasteiger partial charge < -0.3 is 20.7 Å².